The lowest BCUT2D eigenvalue weighted by Crippen LogP contribution is -2.28. The molecule has 0 aliphatic carbocycles. The minimum Gasteiger partial charge on any atom is -0.471 e. The number of aromatic nitrogens is 4. The van der Waals surface area contributed by atoms with E-state index in [0.29, 0.717) is 29.6 Å². The highest BCUT2D eigenvalue weighted by Crippen LogP contribution is 2.17. The van der Waals surface area contributed by atoms with Crippen molar-refractivity contribution in [3.05, 3.63) is 65.0 Å². The van der Waals surface area contributed by atoms with Crippen molar-refractivity contribution in [2.45, 2.75) is 26.7 Å². The van der Waals surface area contributed by atoms with Crippen LogP contribution in [0.2, 0.25) is 5.02 Å². The normalized spacial score (nSPS) is 10.8. The van der Waals surface area contributed by atoms with Gasteiger partial charge in [-0.3, -0.25) is 9.48 Å². The number of ether oxygens (including phenoxy) is 1. The first-order chi connectivity index (χ1) is 13.0. The third-order valence-electron chi connectivity index (χ3n) is 3.97. The van der Waals surface area contributed by atoms with Gasteiger partial charge in [0.25, 0.3) is 5.91 Å². The molecule has 0 spiro atoms. The van der Waals surface area contributed by atoms with E-state index in [1.54, 1.807) is 30.2 Å². The van der Waals surface area contributed by atoms with E-state index < -0.39 is 0 Å². The maximum atomic E-state index is 12.9. The molecule has 3 rings (SSSR count). The minimum absolute atomic E-state index is 0.108. The van der Waals surface area contributed by atoms with Crippen molar-refractivity contribution < 1.29 is 13.9 Å². The molecular weight excluding hydrogens is 373 g/mol. The number of aryl methyl sites for hydroxylation is 1. The molecule has 1 aromatic carbocycles. The van der Waals surface area contributed by atoms with Crippen LogP contribution in [-0.2, 0) is 19.8 Å². The number of halogens is 2. The number of carbonyl (C=O) groups excluding carboxylic acids is 1. The summed E-state index contributed by atoms with van der Waals surface area (Å²) in [4.78, 5) is 14.1. The second-order valence-electron chi connectivity index (χ2n) is 5.88. The number of carbonyl (C=O) groups is 1. The summed E-state index contributed by atoms with van der Waals surface area (Å²) in [5.41, 5.74) is 1.06. The van der Waals surface area contributed by atoms with Crippen LogP contribution in [0.1, 0.15) is 23.1 Å². The monoisotopic (exact) mass is 391 g/mol. The van der Waals surface area contributed by atoms with Gasteiger partial charge in [0.05, 0.1) is 23.5 Å². The van der Waals surface area contributed by atoms with Gasteiger partial charge in [0.2, 0.25) is 0 Å². The number of hydrogen-bond donors (Lipinski definition) is 0. The number of benzene rings is 1. The first-order valence-corrected chi connectivity index (χ1v) is 8.73. The third kappa shape index (κ3) is 4.46. The second-order valence-corrected chi connectivity index (χ2v) is 6.29. The number of amides is 1. The summed E-state index contributed by atoms with van der Waals surface area (Å²) in [5.74, 6) is -0.0586. The quantitative estimate of drug-likeness (QED) is 0.620. The van der Waals surface area contributed by atoms with Crippen LogP contribution < -0.4 is 4.74 Å². The summed E-state index contributed by atoms with van der Waals surface area (Å²) in [6.07, 6.45) is 3.22. The van der Waals surface area contributed by atoms with Gasteiger partial charge in [0.15, 0.2) is 12.4 Å². The molecule has 0 unspecified atom stereocenters. The molecule has 0 atom stereocenters. The largest absolute Gasteiger partial charge is 0.471 e. The molecule has 0 saturated carbocycles. The van der Waals surface area contributed by atoms with Gasteiger partial charge >= 0.3 is 0 Å². The van der Waals surface area contributed by atoms with Crippen LogP contribution >= 0.6 is 11.6 Å². The summed E-state index contributed by atoms with van der Waals surface area (Å²) >= 11 is 6.15. The van der Waals surface area contributed by atoms with E-state index in [9.17, 15) is 9.18 Å². The zero-order chi connectivity index (χ0) is 19.4. The third-order valence-corrected chi connectivity index (χ3v) is 4.28. The first-order valence-electron chi connectivity index (χ1n) is 8.35. The topological polar surface area (TPSA) is 65.2 Å². The average molecular weight is 392 g/mol. The Bertz CT molecular complexity index is 922. The lowest BCUT2D eigenvalue weighted by molar-refractivity contribution is 0.0773. The number of nitrogens with zero attached hydrogens (tertiary/aromatic N) is 5. The fourth-order valence-corrected chi connectivity index (χ4v) is 2.73. The molecule has 0 bridgehead atoms. The molecule has 0 N–H and O–H groups in total. The van der Waals surface area contributed by atoms with Crippen molar-refractivity contribution in [2.75, 3.05) is 7.05 Å². The van der Waals surface area contributed by atoms with E-state index in [4.69, 9.17) is 16.3 Å². The van der Waals surface area contributed by atoms with E-state index in [1.807, 2.05) is 6.92 Å². The Balaban J connectivity index is 1.62. The molecule has 7 nitrogen and oxygen atoms in total. The van der Waals surface area contributed by atoms with Crippen LogP contribution in [0.5, 0.6) is 5.75 Å². The molecule has 2 aromatic heterocycles. The van der Waals surface area contributed by atoms with Gasteiger partial charge in [0, 0.05) is 19.8 Å². The maximum absolute atomic E-state index is 12.9. The van der Waals surface area contributed by atoms with Crippen LogP contribution in [-0.4, -0.2) is 37.4 Å². The van der Waals surface area contributed by atoms with Crippen LogP contribution in [0.3, 0.4) is 0 Å². The highest BCUT2D eigenvalue weighted by atomic mass is 35.5. The second kappa shape index (κ2) is 8.22. The summed E-state index contributed by atoms with van der Waals surface area (Å²) in [6, 6.07) is 7.30. The van der Waals surface area contributed by atoms with Crippen LogP contribution in [0.15, 0.2) is 42.7 Å². The summed E-state index contributed by atoms with van der Waals surface area (Å²) in [5, 5.41) is 8.92. The van der Waals surface area contributed by atoms with Crippen LogP contribution in [0, 0.1) is 5.82 Å². The first kappa shape index (κ1) is 18.9. The summed E-state index contributed by atoms with van der Waals surface area (Å²) in [7, 11) is 1.68. The fourth-order valence-electron chi connectivity index (χ4n) is 2.53. The molecule has 27 heavy (non-hydrogen) atoms. The minimum atomic E-state index is -0.332. The van der Waals surface area contributed by atoms with Crippen molar-refractivity contribution in [1.29, 1.82) is 0 Å². The molecule has 1 amide bonds. The lowest BCUT2D eigenvalue weighted by Gasteiger charge is -2.17. The Hall–Kier alpha value is -2.87. The lowest BCUT2D eigenvalue weighted by atomic mass is 10.3. The Morgan fingerprint density at radius 1 is 1.30 bits per heavy atom. The predicted octanol–water partition coefficient (Wildman–Crippen LogP) is 3.20. The molecule has 0 radical (unpaired) electrons. The Morgan fingerprint density at radius 2 is 2.04 bits per heavy atom. The van der Waals surface area contributed by atoms with Crippen molar-refractivity contribution in [2.24, 2.45) is 0 Å². The zero-order valence-electron chi connectivity index (χ0n) is 15.0. The van der Waals surface area contributed by atoms with Gasteiger partial charge in [-0.15, -0.1) is 0 Å². The van der Waals surface area contributed by atoms with Gasteiger partial charge in [0.1, 0.15) is 11.6 Å². The van der Waals surface area contributed by atoms with Gasteiger partial charge in [-0.2, -0.15) is 10.2 Å². The Morgan fingerprint density at radius 3 is 2.74 bits per heavy atom. The van der Waals surface area contributed by atoms with E-state index in [1.165, 1.54) is 33.8 Å². The summed E-state index contributed by atoms with van der Waals surface area (Å²) in [6.45, 7) is 3.05. The predicted molar refractivity (Wildman–Crippen MR) is 98.0 cm³/mol. The maximum Gasteiger partial charge on any atom is 0.274 e. The summed E-state index contributed by atoms with van der Waals surface area (Å²) < 4.78 is 21.7. The van der Waals surface area contributed by atoms with Crippen molar-refractivity contribution in [3.8, 4) is 5.75 Å². The molecule has 0 fully saturated rings. The van der Waals surface area contributed by atoms with Crippen LogP contribution in [0.4, 0.5) is 4.39 Å². The fraction of sp³-hybridized carbons (Fsp3) is 0.278. The highest BCUT2D eigenvalue weighted by molar-refractivity contribution is 6.31. The zero-order valence-corrected chi connectivity index (χ0v) is 15.7. The smallest absolute Gasteiger partial charge is 0.274 e. The van der Waals surface area contributed by atoms with Crippen LogP contribution in [0.25, 0.3) is 0 Å². The molecule has 0 aliphatic heterocycles. The molecule has 3 aromatic rings. The van der Waals surface area contributed by atoms with Crippen molar-refractivity contribution >= 4 is 17.5 Å². The van der Waals surface area contributed by atoms with Gasteiger partial charge in [-0.05, 0) is 37.3 Å². The van der Waals surface area contributed by atoms with Gasteiger partial charge in [-0.25, -0.2) is 9.07 Å². The average Bonchev–Trinajstić information content (AvgIpc) is 3.28. The van der Waals surface area contributed by atoms with E-state index in [2.05, 4.69) is 10.2 Å². The van der Waals surface area contributed by atoms with Crippen molar-refractivity contribution in [3.63, 3.8) is 0 Å². The number of rotatable bonds is 7. The Kier molecular flexibility index (Phi) is 5.75. The molecular formula is C18H19ClFN5O2. The molecule has 2 heterocycles. The molecule has 0 aliphatic rings. The SMILES string of the molecule is CCn1ncc(Cl)c1CN(C)C(=O)c1ccn(COc2ccc(F)cc2)n1. The Labute approximate surface area is 160 Å². The standard InChI is InChI=1S/C18H19ClFN5O2/c1-3-25-17(15(19)10-21-25)11-23(2)18(26)16-8-9-24(22-16)12-27-14-6-4-13(20)5-7-14/h4-10H,3,11-12H2,1-2H3. The van der Waals surface area contributed by atoms with Gasteiger partial charge in [-0.1, -0.05) is 11.6 Å². The number of hydrogen-bond acceptors (Lipinski definition) is 4. The molecule has 9 heteroatoms. The van der Waals surface area contributed by atoms with Gasteiger partial charge < -0.3 is 9.64 Å². The molecule has 0 saturated heterocycles. The highest BCUT2D eigenvalue weighted by Gasteiger charge is 2.18. The van der Waals surface area contributed by atoms with E-state index >= 15 is 0 Å². The molecule has 142 valence electrons. The van der Waals surface area contributed by atoms with E-state index in [0.717, 1.165) is 5.69 Å². The van der Waals surface area contributed by atoms with E-state index in [-0.39, 0.29) is 18.5 Å². The van der Waals surface area contributed by atoms with Crippen molar-refractivity contribution in [1.82, 2.24) is 24.5 Å².